The smallest absolute Gasteiger partial charge is 0.181 e. The van der Waals surface area contributed by atoms with Crippen molar-refractivity contribution in [2.45, 2.75) is 31.8 Å². The summed E-state index contributed by atoms with van der Waals surface area (Å²) in [7, 11) is 0. The van der Waals surface area contributed by atoms with Gasteiger partial charge >= 0.3 is 0 Å². The lowest BCUT2D eigenvalue weighted by molar-refractivity contribution is 0.0987. The van der Waals surface area contributed by atoms with Gasteiger partial charge in [-0.3, -0.25) is 9.59 Å². The van der Waals surface area contributed by atoms with E-state index in [2.05, 4.69) is 12.2 Å². The highest BCUT2D eigenvalue weighted by Crippen LogP contribution is 2.27. The Morgan fingerprint density at radius 1 is 1.22 bits per heavy atom. The average molecular weight is 309 g/mol. The van der Waals surface area contributed by atoms with Crippen LogP contribution in [-0.2, 0) is 0 Å². The number of aromatic hydroxyl groups is 1. The van der Waals surface area contributed by atoms with Crippen molar-refractivity contribution in [2.75, 3.05) is 0 Å². The summed E-state index contributed by atoms with van der Waals surface area (Å²) >= 11 is 0. The Morgan fingerprint density at radius 2 is 2.00 bits per heavy atom. The lowest BCUT2D eigenvalue weighted by Gasteiger charge is -2.06. The molecule has 0 amide bonds. The second-order valence-corrected chi connectivity index (χ2v) is 5.88. The van der Waals surface area contributed by atoms with E-state index < -0.39 is 0 Å². The first-order valence-corrected chi connectivity index (χ1v) is 7.83. The first kappa shape index (κ1) is 15.4. The molecule has 2 N–H and O–H groups in total. The van der Waals surface area contributed by atoms with E-state index in [0.717, 1.165) is 24.0 Å². The fourth-order valence-electron chi connectivity index (χ4n) is 2.85. The van der Waals surface area contributed by atoms with Crippen LogP contribution in [0.3, 0.4) is 0 Å². The molecule has 1 saturated heterocycles. The second kappa shape index (κ2) is 6.34. The molecular weight excluding hydrogens is 290 g/mol. The zero-order chi connectivity index (χ0) is 16.4. The van der Waals surface area contributed by atoms with Crippen LogP contribution in [0.1, 0.15) is 40.5 Å². The van der Waals surface area contributed by atoms with E-state index in [9.17, 15) is 14.7 Å². The molecule has 2 aromatic rings. The Morgan fingerprint density at radius 3 is 2.74 bits per heavy atom. The molecule has 3 rings (SSSR count). The molecule has 1 aliphatic heterocycles. The second-order valence-electron chi connectivity index (χ2n) is 5.88. The van der Waals surface area contributed by atoms with Gasteiger partial charge in [-0.2, -0.15) is 0 Å². The van der Waals surface area contributed by atoms with Crippen LogP contribution >= 0.6 is 0 Å². The molecule has 0 spiro atoms. The first-order chi connectivity index (χ1) is 11.1. The van der Waals surface area contributed by atoms with E-state index in [1.807, 2.05) is 24.3 Å². The van der Waals surface area contributed by atoms with Gasteiger partial charge in [0.25, 0.3) is 0 Å². The number of carbonyl (C=O) groups excluding carboxylic acids is 2. The Balaban J connectivity index is 1.86. The quantitative estimate of drug-likeness (QED) is 0.488. The maximum atomic E-state index is 12.5. The number of phenols is 1. The molecular formula is C19H19NO3. The summed E-state index contributed by atoms with van der Waals surface area (Å²) in [6.07, 6.45) is 2.69. The minimum atomic E-state index is -0.0736. The summed E-state index contributed by atoms with van der Waals surface area (Å²) in [5.74, 6) is 0.0697. The summed E-state index contributed by atoms with van der Waals surface area (Å²) in [6, 6.07) is 12.5. The molecule has 0 bridgehead atoms. The zero-order valence-electron chi connectivity index (χ0n) is 13.0. The molecule has 0 saturated carbocycles. The van der Waals surface area contributed by atoms with Gasteiger partial charge < -0.3 is 10.4 Å². The SMILES string of the molecule is CCCC1NC1C(=O)c1cccc(-c2ccc(O)c(C=O)c2)c1. The van der Waals surface area contributed by atoms with Gasteiger partial charge in [0.15, 0.2) is 12.1 Å². The number of carbonyl (C=O) groups is 2. The Bertz CT molecular complexity index is 754. The molecule has 1 aliphatic rings. The number of hydrogen-bond acceptors (Lipinski definition) is 4. The largest absolute Gasteiger partial charge is 0.507 e. The van der Waals surface area contributed by atoms with Gasteiger partial charge in [-0.05, 0) is 35.7 Å². The third kappa shape index (κ3) is 3.17. The van der Waals surface area contributed by atoms with Crippen LogP contribution in [0.25, 0.3) is 11.1 Å². The normalized spacial score (nSPS) is 19.3. The first-order valence-electron chi connectivity index (χ1n) is 7.83. The number of benzene rings is 2. The zero-order valence-corrected chi connectivity index (χ0v) is 13.0. The van der Waals surface area contributed by atoms with E-state index in [1.165, 1.54) is 6.07 Å². The minimum Gasteiger partial charge on any atom is -0.507 e. The number of Topliss-reactive ketones (excluding diaryl/α,β-unsaturated/α-hetero) is 1. The van der Waals surface area contributed by atoms with Gasteiger partial charge in [0.05, 0.1) is 11.6 Å². The highest BCUT2D eigenvalue weighted by atomic mass is 16.3. The molecule has 2 aromatic carbocycles. The van der Waals surface area contributed by atoms with Gasteiger partial charge in [0.1, 0.15) is 5.75 Å². The van der Waals surface area contributed by atoms with E-state index in [0.29, 0.717) is 17.9 Å². The molecule has 0 radical (unpaired) electrons. The molecule has 118 valence electrons. The van der Waals surface area contributed by atoms with E-state index >= 15 is 0 Å². The topological polar surface area (TPSA) is 76.3 Å². The fourth-order valence-corrected chi connectivity index (χ4v) is 2.85. The lowest BCUT2D eigenvalue weighted by Crippen LogP contribution is -2.11. The van der Waals surface area contributed by atoms with Crippen LogP contribution in [0.4, 0.5) is 0 Å². The average Bonchev–Trinajstić information content (AvgIpc) is 3.34. The van der Waals surface area contributed by atoms with Crippen molar-refractivity contribution in [1.82, 2.24) is 5.32 Å². The maximum Gasteiger partial charge on any atom is 0.181 e. The molecule has 23 heavy (non-hydrogen) atoms. The van der Waals surface area contributed by atoms with Gasteiger partial charge in [0.2, 0.25) is 0 Å². The predicted octanol–water partition coefficient (Wildman–Crippen LogP) is 3.19. The summed E-state index contributed by atoms with van der Waals surface area (Å²) in [4.78, 5) is 23.5. The van der Waals surface area contributed by atoms with Crippen molar-refractivity contribution in [3.63, 3.8) is 0 Å². The van der Waals surface area contributed by atoms with Gasteiger partial charge in [0, 0.05) is 11.6 Å². The molecule has 0 aliphatic carbocycles. The molecule has 2 unspecified atom stereocenters. The highest BCUT2D eigenvalue weighted by molar-refractivity contribution is 6.03. The number of phenolic OH excluding ortho intramolecular Hbond substituents is 1. The van der Waals surface area contributed by atoms with E-state index in [4.69, 9.17) is 0 Å². The summed E-state index contributed by atoms with van der Waals surface area (Å²) in [5, 5.41) is 12.8. The van der Waals surface area contributed by atoms with Crippen molar-refractivity contribution >= 4 is 12.1 Å². The van der Waals surface area contributed by atoms with E-state index in [-0.39, 0.29) is 23.1 Å². The summed E-state index contributed by atoms with van der Waals surface area (Å²) in [5.41, 5.74) is 2.56. The summed E-state index contributed by atoms with van der Waals surface area (Å²) < 4.78 is 0. The van der Waals surface area contributed by atoms with Crippen molar-refractivity contribution in [2.24, 2.45) is 0 Å². The van der Waals surface area contributed by atoms with Gasteiger partial charge in [-0.25, -0.2) is 0 Å². The number of hydrogen-bond donors (Lipinski definition) is 2. The van der Waals surface area contributed by atoms with Crippen molar-refractivity contribution in [1.29, 1.82) is 0 Å². The molecule has 1 fully saturated rings. The fraction of sp³-hybridized carbons (Fsp3) is 0.263. The molecule has 4 heteroatoms. The molecule has 2 atom stereocenters. The summed E-state index contributed by atoms with van der Waals surface area (Å²) in [6.45, 7) is 2.11. The third-order valence-electron chi connectivity index (χ3n) is 4.20. The van der Waals surface area contributed by atoms with E-state index in [1.54, 1.807) is 12.1 Å². The molecule has 1 heterocycles. The number of rotatable bonds is 6. The van der Waals surface area contributed by atoms with Crippen LogP contribution in [-0.4, -0.2) is 29.3 Å². The maximum absolute atomic E-state index is 12.5. The van der Waals surface area contributed by atoms with Crippen molar-refractivity contribution in [3.05, 3.63) is 53.6 Å². The van der Waals surface area contributed by atoms with Crippen LogP contribution in [0.2, 0.25) is 0 Å². The monoisotopic (exact) mass is 309 g/mol. The van der Waals surface area contributed by atoms with Gasteiger partial charge in [-0.1, -0.05) is 37.6 Å². The van der Waals surface area contributed by atoms with Gasteiger partial charge in [-0.15, -0.1) is 0 Å². The number of nitrogens with one attached hydrogen (secondary N) is 1. The molecule has 4 nitrogen and oxygen atoms in total. The lowest BCUT2D eigenvalue weighted by atomic mass is 9.98. The van der Waals surface area contributed by atoms with Crippen molar-refractivity contribution < 1.29 is 14.7 Å². The number of aldehydes is 1. The highest BCUT2D eigenvalue weighted by Gasteiger charge is 2.41. The predicted molar refractivity (Wildman–Crippen MR) is 88.9 cm³/mol. The standard InChI is InChI=1S/C19H19NO3/c1-2-4-16-18(20-16)19(23)14-6-3-5-12(9-14)13-7-8-17(22)15(10-13)11-21/h3,5-11,16,18,20,22H,2,4H2,1H3. The minimum absolute atomic E-state index is 0.0411. The Kier molecular flexibility index (Phi) is 4.26. The molecule has 0 aromatic heterocycles. The van der Waals surface area contributed by atoms with Crippen molar-refractivity contribution in [3.8, 4) is 16.9 Å². The Hall–Kier alpha value is -2.46. The van der Waals surface area contributed by atoms with Crippen LogP contribution < -0.4 is 5.32 Å². The third-order valence-corrected chi connectivity index (χ3v) is 4.20. The number of ketones is 1. The Labute approximate surface area is 135 Å². The van der Waals surface area contributed by atoms with Crippen LogP contribution in [0.15, 0.2) is 42.5 Å². The van der Waals surface area contributed by atoms with Crippen LogP contribution in [0, 0.1) is 0 Å². The van der Waals surface area contributed by atoms with Crippen LogP contribution in [0.5, 0.6) is 5.75 Å².